The van der Waals surface area contributed by atoms with Gasteiger partial charge in [0.15, 0.2) is 0 Å². The summed E-state index contributed by atoms with van der Waals surface area (Å²) in [7, 11) is 1.83. The van der Waals surface area contributed by atoms with Gasteiger partial charge in [0, 0.05) is 19.4 Å². The second kappa shape index (κ2) is 8.53. The summed E-state index contributed by atoms with van der Waals surface area (Å²) in [5.41, 5.74) is 0.711. The van der Waals surface area contributed by atoms with E-state index in [4.69, 9.17) is 4.74 Å². The van der Waals surface area contributed by atoms with Crippen molar-refractivity contribution in [3.63, 3.8) is 0 Å². The summed E-state index contributed by atoms with van der Waals surface area (Å²) in [6.45, 7) is 12.4. The van der Waals surface area contributed by atoms with Crippen molar-refractivity contribution in [1.82, 2.24) is 0 Å². The van der Waals surface area contributed by atoms with Crippen molar-refractivity contribution in [2.45, 2.75) is 111 Å². The third-order valence-corrected chi connectivity index (χ3v) is 10.9. The van der Waals surface area contributed by atoms with E-state index in [9.17, 15) is 4.79 Å². The molecule has 9 atom stereocenters. The highest BCUT2D eigenvalue weighted by Gasteiger charge is 2.62. The van der Waals surface area contributed by atoms with E-state index in [2.05, 4.69) is 34.6 Å². The fraction of sp³-hybridized carbons (Fsp3) is 0.964. The fourth-order valence-electron chi connectivity index (χ4n) is 9.24. The molecule has 30 heavy (non-hydrogen) atoms. The molecule has 0 N–H and O–H groups in total. The quantitative estimate of drug-likeness (QED) is 0.454. The molecular weight excluding hydrogens is 368 g/mol. The van der Waals surface area contributed by atoms with E-state index in [1.807, 2.05) is 7.11 Å². The second-order valence-electron chi connectivity index (χ2n) is 12.8. The maximum absolute atomic E-state index is 13.4. The van der Waals surface area contributed by atoms with Crippen LogP contribution < -0.4 is 0 Å². The summed E-state index contributed by atoms with van der Waals surface area (Å²) in [4.78, 5) is 13.4. The van der Waals surface area contributed by atoms with Gasteiger partial charge in [0.1, 0.15) is 5.78 Å². The lowest BCUT2D eigenvalue weighted by molar-refractivity contribution is -0.161. The summed E-state index contributed by atoms with van der Waals surface area (Å²) in [5, 5.41) is 0. The zero-order chi connectivity index (χ0) is 21.7. The number of ketones is 1. The molecule has 0 aromatic carbocycles. The smallest absolute Gasteiger partial charge is 0.136 e. The standard InChI is InChI=1S/C28H48O2/c1-18(2)8-7-9-19(3)22-10-11-23-21-17-26(29)25-16-20(30-6)12-14-28(25,5)24(21)13-15-27(22,23)4/h18-25H,7-17H2,1-6H3/t19-,20-,21+,22-,23-,24+,25-,27-,28-/m1/s1. The van der Waals surface area contributed by atoms with E-state index < -0.39 is 0 Å². The minimum absolute atomic E-state index is 0.233. The van der Waals surface area contributed by atoms with Gasteiger partial charge in [0.05, 0.1) is 6.10 Å². The average molecular weight is 417 g/mol. The summed E-state index contributed by atoms with van der Waals surface area (Å²) >= 11 is 0. The first kappa shape index (κ1) is 22.8. The third kappa shape index (κ3) is 3.71. The molecule has 2 nitrogen and oxygen atoms in total. The van der Waals surface area contributed by atoms with Crippen LogP contribution in [0.3, 0.4) is 0 Å². The molecule has 4 rings (SSSR count). The molecule has 4 saturated carbocycles. The average Bonchev–Trinajstić information content (AvgIpc) is 3.05. The van der Waals surface area contributed by atoms with Crippen LogP contribution in [0.15, 0.2) is 0 Å². The highest BCUT2D eigenvalue weighted by Crippen LogP contribution is 2.67. The normalized spacial score (nSPS) is 47.0. The largest absolute Gasteiger partial charge is 0.381 e. The van der Waals surface area contributed by atoms with E-state index in [0.717, 1.165) is 48.9 Å². The molecule has 4 aliphatic rings. The minimum Gasteiger partial charge on any atom is -0.381 e. The summed E-state index contributed by atoms with van der Waals surface area (Å²) in [6, 6.07) is 0. The van der Waals surface area contributed by atoms with Gasteiger partial charge in [0.25, 0.3) is 0 Å². The van der Waals surface area contributed by atoms with Crippen molar-refractivity contribution in [3.8, 4) is 0 Å². The molecule has 0 aliphatic heterocycles. The van der Waals surface area contributed by atoms with E-state index in [0.29, 0.717) is 23.2 Å². The van der Waals surface area contributed by atoms with Gasteiger partial charge in [0.2, 0.25) is 0 Å². The first-order valence-corrected chi connectivity index (χ1v) is 13.3. The van der Waals surface area contributed by atoms with Gasteiger partial charge in [-0.1, -0.05) is 53.9 Å². The molecule has 172 valence electrons. The Labute approximate surface area is 186 Å². The van der Waals surface area contributed by atoms with Crippen molar-refractivity contribution in [2.75, 3.05) is 7.11 Å². The maximum Gasteiger partial charge on any atom is 0.136 e. The Balaban J connectivity index is 1.50. The Morgan fingerprint density at radius 2 is 1.67 bits per heavy atom. The van der Waals surface area contributed by atoms with Crippen LogP contribution in [0.5, 0.6) is 0 Å². The molecule has 4 aliphatic carbocycles. The van der Waals surface area contributed by atoms with Crippen LogP contribution in [0.1, 0.15) is 105 Å². The maximum atomic E-state index is 13.4. The Hall–Kier alpha value is -0.370. The summed E-state index contributed by atoms with van der Waals surface area (Å²) in [5.74, 6) is 5.60. The molecule has 0 aromatic heterocycles. The zero-order valence-electron chi connectivity index (χ0n) is 20.7. The SMILES string of the molecule is CO[C@@H]1CC[C@@]2(C)[C@H](C1)C(=O)C[C@H]1[C@H]3CC[C@H]([C@H](C)CCCC(C)C)[C@@]3(C)CC[C@@H]12. The summed E-state index contributed by atoms with van der Waals surface area (Å²) in [6.07, 6.45) is 14.2. The van der Waals surface area contributed by atoms with E-state index in [1.54, 1.807) is 0 Å². The number of carbonyl (C=O) groups excluding carboxylic acids is 1. The van der Waals surface area contributed by atoms with E-state index >= 15 is 0 Å². The molecule has 0 radical (unpaired) electrons. The van der Waals surface area contributed by atoms with Gasteiger partial charge in [-0.2, -0.15) is 0 Å². The van der Waals surface area contributed by atoms with Gasteiger partial charge in [-0.15, -0.1) is 0 Å². The van der Waals surface area contributed by atoms with Crippen LogP contribution in [0.25, 0.3) is 0 Å². The predicted molar refractivity (Wildman–Crippen MR) is 124 cm³/mol. The molecule has 2 heteroatoms. The molecule has 0 spiro atoms. The van der Waals surface area contributed by atoms with E-state index in [-0.39, 0.29) is 11.3 Å². The van der Waals surface area contributed by atoms with Crippen molar-refractivity contribution >= 4 is 5.78 Å². The van der Waals surface area contributed by atoms with Crippen molar-refractivity contribution in [2.24, 2.45) is 52.3 Å². The molecule has 4 fully saturated rings. The summed E-state index contributed by atoms with van der Waals surface area (Å²) < 4.78 is 5.69. The van der Waals surface area contributed by atoms with Gasteiger partial charge in [-0.25, -0.2) is 0 Å². The zero-order valence-corrected chi connectivity index (χ0v) is 20.7. The highest BCUT2D eigenvalue weighted by atomic mass is 16.5. The first-order chi connectivity index (χ1) is 14.2. The van der Waals surface area contributed by atoms with Crippen LogP contribution in [0, 0.1) is 52.3 Å². The number of rotatable bonds is 6. The Kier molecular flexibility index (Phi) is 6.48. The lowest BCUT2D eigenvalue weighted by Crippen LogP contribution is -2.57. The van der Waals surface area contributed by atoms with Crippen LogP contribution in [0.4, 0.5) is 0 Å². The Bertz CT molecular complexity index is 626. The topological polar surface area (TPSA) is 26.3 Å². The minimum atomic E-state index is 0.233. The Morgan fingerprint density at radius 1 is 0.967 bits per heavy atom. The highest BCUT2D eigenvalue weighted by molar-refractivity contribution is 5.83. The molecule has 0 saturated heterocycles. The van der Waals surface area contributed by atoms with Crippen LogP contribution in [-0.2, 0) is 9.53 Å². The third-order valence-electron chi connectivity index (χ3n) is 10.9. The van der Waals surface area contributed by atoms with Crippen LogP contribution >= 0.6 is 0 Å². The molecule has 0 amide bonds. The van der Waals surface area contributed by atoms with Crippen molar-refractivity contribution < 1.29 is 9.53 Å². The number of hydrogen-bond acceptors (Lipinski definition) is 2. The number of carbonyl (C=O) groups is 1. The van der Waals surface area contributed by atoms with E-state index in [1.165, 1.54) is 51.4 Å². The monoisotopic (exact) mass is 416 g/mol. The van der Waals surface area contributed by atoms with Gasteiger partial charge in [-0.3, -0.25) is 4.79 Å². The van der Waals surface area contributed by atoms with Crippen molar-refractivity contribution in [1.29, 1.82) is 0 Å². The number of ether oxygens (including phenoxy) is 1. The lowest BCUT2D eigenvalue weighted by Gasteiger charge is -2.60. The predicted octanol–water partition coefficient (Wildman–Crippen LogP) is 7.30. The van der Waals surface area contributed by atoms with Gasteiger partial charge < -0.3 is 4.74 Å². The van der Waals surface area contributed by atoms with Crippen molar-refractivity contribution in [3.05, 3.63) is 0 Å². The van der Waals surface area contributed by atoms with Crippen LogP contribution in [-0.4, -0.2) is 19.0 Å². The molecular formula is C28H48O2. The number of fused-ring (bicyclic) bond motifs is 5. The fourth-order valence-corrected chi connectivity index (χ4v) is 9.24. The molecule has 0 aromatic rings. The second-order valence-corrected chi connectivity index (χ2v) is 12.8. The van der Waals surface area contributed by atoms with Gasteiger partial charge in [-0.05, 0) is 91.3 Å². The first-order valence-electron chi connectivity index (χ1n) is 13.3. The lowest BCUT2D eigenvalue weighted by atomic mass is 9.44. The number of hydrogen-bond donors (Lipinski definition) is 0. The van der Waals surface area contributed by atoms with Crippen LogP contribution in [0.2, 0.25) is 0 Å². The van der Waals surface area contributed by atoms with Gasteiger partial charge >= 0.3 is 0 Å². The Morgan fingerprint density at radius 3 is 2.37 bits per heavy atom. The number of methoxy groups -OCH3 is 1. The number of Topliss-reactive ketones (excluding diaryl/α,β-unsaturated/α-hetero) is 1. The molecule has 0 heterocycles. The molecule has 0 unspecified atom stereocenters. The molecule has 0 bridgehead atoms.